The monoisotopic (exact) mass is 411 g/mol. The molecule has 0 aliphatic carbocycles. The summed E-state index contributed by atoms with van der Waals surface area (Å²) in [5.41, 5.74) is 0.636. The normalized spacial score (nSPS) is 11.4. The number of thiophene rings is 1. The molecule has 0 saturated heterocycles. The molecule has 1 N–H and O–H groups in total. The molecule has 1 aromatic carbocycles. The highest BCUT2D eigenvalue weighted by atomic mass is 35.5. The van der Waals surface area contributed by atoms with Crippen molar-refractivity contribution in [2.75, 3.05) is 12.4 Å². The van der Waals surface area contributed by atoms with Crippen molar-refractivity contribution in [3.8, 4) is 5.75 Å². The molecule has 0 unspecified atom stereocenters. The number of carbonyl (C=O) groups is 1. The van der Waals surface area contributed by atoms with Gasteiger partial charge in [-0.05, 0) is 42.5 Å². The van der Waals surface area contributed by atoms with Gasteiger partial charge in [0.2, 0.25) is 5.01 Å². The van der Waals surface area contributed by atoms with Gasteiger partial charge in [-0.1, -0.05) is 34.5 Å². The Hall–Kier alpha value is -1.93. The van der Waals surface area contributed by atoms with Gasteiger partial charge in [0.25, 0.3) is 5.91 Å². The van der Waals surface area contributed by atoms with Crippen LogP contribution in [0, 0.1) is 0 Å². The fourth-order valence-corrected chi connectivity index (χ4v) is 3.85. The third-order valence-electron chi connectivity index (χ3n) is 3.03. The van der Waals surface area contributed by atoms with E-state index in [1.54, 1.807) is 43.5 Å². The highest BCUT2D eigenvalue weighted by molar-refractivity contribution is 7.17. The van der Waals surface area contributed by atoms with Crippen LogP contribution < -0.4 is 10.1 Å². The molecule has 2 heterocycles. The number of rotatable bonds is 5. The lowest BCUT2D eigenvalue weighted by atomic mass is 10.3. The number of carbonyl (C=O) groups excluding carboxylic acids is 1. The molecule has 128 valence electrons. The molecule has 0 fully saturated rings. The SMILES string of the molecule is COc1ccc(NC(=O)c2nnc(C(Cl)=Cc3ccc(Cl)s3)s2)cc1. The second kappa shape index (κ2) is 7.97. The van der Waals surface area contributed by atoms with Gasteiger partial charge in [0.15, 0.2) is 5.01 Å². The number of methoxy groups -OCH3 is 1. The van der Waals surface area contributed by atoms with E-state index in [1.807, 2.05) is 6.07 Å². The highest BCUT2D eigenvalue weighted by Gasteiger charge is 2.15. The summed E-state index contributed by atoms with van der Waals surface area (Å²) in [5, 5.41) is 11.7. The van der Waals surface area contributed by atoms with Crippen LogP contribution in [0.15, 0.2) is 36.4 Å². The van der Waals surface area contributed by atoms with Gasteiger partial charge in [0.05, 0.1) is 16.5 Å². The van der Waals surface area contributed by atoms with E-state index in [0.717, 1.165) is 16.2 Å². The van der Waals surface area contributed by atoms with Crippen molar-refractivity contribution >= 4 is 68.6 Å². The summed E-state index contributed by atoms with van der Waals surface area (Å²) in [6.45, 7) is 0. The van der Waals surface area contributed by atoms with E-state index < -0.39 is 0 Å². The summed E-state index contributed by atoms with van der Waals surface area (Å²) in [4.78, 5) is 13.2. The molecule has 0 aliphatic rings. The van der Waals surface area contributed by atoms with Gasteiger partial charge in [-0.3, -0.25) is 4.79 Å². The van der Waals surface area contributed by atoms with Crippen LogP contribution in [0.1, 0.15) is 19.7 Å². The minimum absolute atomic E-state index is 0.224. The van der Waals surface area contributed by atoms with Gasteiger partial charge in [-0.2, -0.15) is 0 Å². The van der Waals surface area contributed by atoms with E-state index in [0.29, 0.717) is 25.8 Å². The summed E-state index contributed by atoms with van der Waals surface area (Å²) in [5.74, 6) is 0.361. The highest BCUT2D eigenvalue weighted by Crippen LogP contribution is 2.29. The molecule has 0 radical (unpaired) electrons. The molecule has 25 heavy (non-hydrogen) atoms. The topological polar surface area (TPSA) is 64.1 Å². The predicted molar refractivity (Wildman–Crippen MR) is 104 cm³/mol. The van der Waals surface area contributed by atoms with Crippen LogP contribution in [0.4, 0.5) is 5.69 Å². The van der Waals surface area contributed by atoms with Gasteiger partial charge < -0.3 is 10.1 Å². The lowest BCUT2D eigenvalue weighted by Gasteiger charge is -2.03. The molecule has 3 rings (SSSR count). The summed E-state index contributed by atoms with van der Waals surface area (Å²) in [6.07, 6.45) is 1.74. The first-order valence-corrected chi connectivity index (χ1v) is 9.36. The molecule has 0 saturated carbocycles. The van der Waals surface area contributed by atoms with Crippen molar-refractivity contribution in [3.05, 3.63) is 55.6 Å². The zero-order valence-electron chi connectivity index (χ0n) is 12.8. The van der Waals surface area contributed by atoms with Crippen LogP contribution in [0.5, 0.6) is 5.75 Å². The van der Waals surface area contributed by atoms with E-state index in [4.69, 9.17) is 27.9 Å². The Morgan fingerprint density at radius 2 is 1.84 bits per heavy atom. The fourth-order valence-electron chi connectivity index (χ4n) is 1.86. The number of hydrogen-bond donors (Lipinski definition) is 1. The number of nitrogens with one attached hydrogen (secondary N) is 1. The van der Waals surface area contributed by atoms with Crippen molar-refractivity contribution in [2.24, 2.45) is 0 Å². The lowest BCUT2D eigenvalue weighted by Crippen LogP contribution is -2.11. The Kier molecular flexibility index (Phi) is 5.70. The van der Waals surface area contributed by atoms with E-state index >= 15 is 0 Å². The molecular formula is C16H11Cl2N3O2S2. The minimum Gasteiger partial charge on any atom is -0.497 e. The summed E-state index contributed by atoms with van der Waals surface area (Å²) < 4.78 is 5.75. The Bertz CT molecular complexity index is 920. The Balaban J connectivity index is 1.71. The van der Waals surface area contributed by atoms with Gasteiger partial charge in [0, 0.05) is 10.6 Å². The predicted octanol–water partition coefficient (Wildman–Crippen LogP) is 5.25. The zero-order valence-corrected chi connectivity index (χ0v) is 16.0. The first-order valence-electron chi connectivity index (χ1n) is 6.97. The van der Waals surface area contributed by atoms with E-state index in [1.165, 1.54) is 11.3 Å². The molecule has 1 amide bonds. The maximum atomic E-state index is 12.3. The number of anilines is 1. The van der Waals surface area contributed by atoms with E-state index in [9.17, 15) is 4.79 Å². The number of ether oxygens (including phenoxy) is 1. The molecule has 0 bridgehead atoms. The second-order valence-electron chi connectivity index (χ2n) is 4.73. The van der Waals surface area contributed by atoms with Crippen molar-refractivity contribution in [1.82, 2.24) is 10.2 Å². The molecule has 3 aromatic rings. The molecule has 5 nitrogen and oxygen atoms in total. The average Bonchev–Trinajstić information content (AvgIpc) is 3.25. The average molecular weight is 412 g/mol. The van der Waals surface area contributed by atoms with Crippen LogP contribution in [0.2, 0.25) is 4.34 Å². The smallest absolute Gasteiger partial charge is 0.286 e. The number of aromatic nitrogens is 2. The molecule has 0 atom stereocenters. The number of halogens is 2. The lowest BCUT2D eigenvalue weighted by molar-refractivity contribution is 0.102. The Morgan fingerprint density at radius 3 is 2.48 bits per heavy atom. The van der Waals surface area contributed by atoms with E-state index in [2.05, 4.69) is 15.5 Å². The third-order valence-corrected chi connectivity index (χ3v) is 5.57. The van der Waals surface area contributed by atoms with Crippen LogP contribution in [0.25, 0.3) is 11.1 Å². The Morgan fingerprint density at radius 1 is 1.12 bits per heavy atom. The fraction of sp³-hybridized carbons (Fsp3) is 0.0625. The van der Waals surface area contributed by atoms with Crippen molar-refractivity contribution in [3.63, 3.8) is 0 Å². The Labute approximate surface area is 161 Å². The molecule has 9 heteroatoms. The van der Waals surface area contributed by atoms with Crippen LogP contribution >= 0.6 is 45.9 Å². The van der Waals surface area contributed by atoms with Crippen molar-refractivity contribution < 1.29 is 9.53 Å². The summed E-state index contributed by atoms with van der Waals surface area (Å²) >= 11 is 14.7. The van der Waals surface area contributed by atoms with Gasteiger partial charge >= 0.3 is 0 Å². The van der Waals surface area contributed by atoms with Crippen LogP contribution in [0.3, 0.4) is 0 Å². The standard InChI is InChI=1S/C16H11Cl2N3O2S2/c1-23-10-4-2-9(3-5-10)19-14(22)16-21-20-15(25-16)12(17)8-11-6-7-13(18)24-11/h2-8H,1H3,(H,19,22). The van der Waals surface area contributed by atoms with Crippen LogP contribution in [-0.4, -0.2) is 23.2 Å². The largest absolute Gasteiger partial charge is 0.497 e. The number of hydrogen-bond acceptors (Lipinski definition) is 6. The van der Waals surface area contributed by atoms with Gasteiger partial charge in [-0.25, -0.2) is 0 Å². The molecule has 0 aliphatic heterocycles. The molecular weight excluding hydrogens is 401 g/mol. The van der Waals surface area contributed by atoms with E-state index in [-0.39, 0.29) is 10.9 Å². The van der Waals surface area contributed by atoms with Crippen molar-refractivity contribution in [2.45, 2.75) is 0 Å². The maximum Gasteiger partial charge on any atom is 0.286 e. The maximum absolute atomic E-state index is 12.3. The summed E-state index contributed by atoms with van der Waals surface area (Å²) in [6, 6.07) is 10.6. The third kappa shape index (κ3) is 4.58. The minimum atomic E-state index is -0.349. The summed E-state index contributed by atoms with van der Waals surface area (Å²) in [7, 11) is 1.58. The second-order valence-corrected chi connectivity index (χ2v) is 7.86. The first kappa shape index (κ1) is 17.9. The van der Waals surface area contributed by atoms with Crippen LogP contribution in [-0.2, 0) is 0 Å². The van der Waals surface area contributed by atoms with Gasteiger partial charge in [-0.15, -0.1) is 21.5 Å². The zero-order chi connectivity index (χ0) is 17.8. The molecule has 2 aromatic heterocycles. The number of nitrogens with zero attached hydrogens (tertiary/aromatic N) is 2. The number of amides is 1. The number of benzene rings is 1. The van der Waals surface area contributed by atoms with Gasteiger partial charge in [0.1, 0.15) is 5.75 Å². The molecule has 0 spiro atoms. The quantitative estimate of drug-likeness (QED) is 0.622. The first-order chi connectivity index (χ1) is 12.0. The van der Waals surface area contributed by atoms with Crippen molar-refractivity contribution in [1.29, 1.82) is 0 Å².